The van der Waals surface area contributed by atoms with Gasteiger partial charge in [-0.25, -0.2) is 0 Å². The number of nitrogens with zero attached hydrogens (tertiary/aromatic N) is 2. The molecule has 0 aliphatic carbocycles. The molecule has 0 spiro atoms. The van der Waals surface area contributed by atoms with Gasteiger partial charge in [-0.05, 0) is 50.9 Å². The molecule has 2 aliphatic heterocycles. The second-order valence-corrected chi connectivity index (χ2v) is 4.39. The summed E-state index contributed by atoms with van der Waals surface area (Å²) in [5.74, 6) is 0.882. The zero-order valence-corrected chi connectivity index (χ0v) is 8.87. The number of hydrogen-bond acceptors (Lipinski definition) is 3. The van der Waals surface area contributed by atoms with Gasteiger partial charge in [-0.3, -0.25) is 4.99 Å². The maximum absolute atomic E-state index is 4.22. The van der Waals surface area contributed by atoms with Crippen LogP contribution in [0.15, 0.2) is 16.8 Å². The van der Waals surface area contributed by atoms with Crippen molar-refractivity contribution in [1.29, 1.82) is 0 Å². The molecule has 0 atom stereocenters. The minimum atomic E-state index is 0.882. The summed E-state index contributed by atoms with van der Waals surface area (Å²) >= 11 is 0. The van der Waals surface area contributed by atoms with Crippen molar-refractivity contribution in [2.75, 3.05) is 26.7 Å². The van der Waals surface area contributed by atoms with Crippen LogP contribution in [0.2, 0.25) is 0 Å². The Morgan fingerprint density at radius 1 is 1.50 bits per heavy atom. The molecule has 0 saturated carbocycles. The van der Waals surface area contributed by atoms with Crippen LogP contribution >= 0.6 is 0 Å². The Kier molecular flexibility index (Phi) is 3.19. The first kappa shape index (κ1) is 9.71. The summed E-state index contributed by atoms with van der Waals surface area (Å²) in [6, 6.07) is 0. The Bertz CT molecular complexity index is 237. The Labute approximate surface area is 85.9 Å². The van der Waals surface area contributed by atoms with Gasteiger partial charge < -0.3 is 10.2 Å². The molecule has 0 unspecified atom stereocenters. The van der Waals surface area contributed by atoms with E-state index >= 15 is 0 Å². The standard InChI is InChI=1S/C11H19N3/c1-14-4-2-10(3-5-14)6-11-7-12-9-13-8-11/h7,9-10H,2-6,8H2,1H3,(H,12,13). The summed E-state index contributed by atoms with van der Waals surface area (Å²) in [5.41, 5.74) is 1.46. The Hall–Kier alpha value is -0.830. The molecule has 1 saturated heterocycles. The van der Waals surface area contributed by atoms with Crippen LogP contribution in [0, 0.1) is 5.92 Å². The molecular formula is C11H19N3. The van der Waals surface area contributed by atoms with E-state index in [9.17, 15) is 0 Å². The monoisotopic (exact) mass is 193 g/mol. The number of aliphatic imine (C=N–C) groups is 1. The van der Waals surface area contributed by atoms with E-state index in [1.807, 2.05) is 0 Å². The summed E-state index contributed by atoms with van der Waals surface area (Å²) in [6.45, 7) is 3.42. The molecule has 0 radical (unpaired) electrons. The lowest BCUT2D eigenvalue weighted by Gasteiger charge is -2.29. The molecule has 2 rings (SSSR count). The van der Waals surface area contributed by atoms with Gasteiger partial charge in [-0.2, -0.15) is 0 Å². The van der Waals surface area contributed by atoms with Crippen molar-refractivity contribution < 1.29 is 0 Å². The highest BCUT2D eigenvalue weighted by atomic mass is 15.1. The van der Waals surface area contributed by atoms with Gasteiger partial charge in [-0.15, -0.1) is 0 Å². The number of piperidine rings is 1. The fourth-order valence-electron chi connectivity index (χ4n) is 2.18. The lowest BCUT2D eigenvalue weighted by molar-refractivity contribution is 0.218. The van der Waals surface area contributed by atoms with Gasteiger partial charge in [0.15, 0.2) is 0 Å². The third-order valence-corrected chi connectivity index (χ3v) is 3.14. The SMILES string of the molecule is CN1CCC(CC2=CNC=NC2)CC1. The third kappa shape index (κ3) is 2.58. The molecule has 3 heteroatoms. The van der Waals surface area contributed by atoms with Crippen LogP contribution in [0.4, 0.5) is 0 Å². The van der Waals surface area contributed by atoms with Gasteiger partial charge >= 0.3 is 0 Å². The van der Waals surface area contributed by atoms with Crippen LogP contribution in [0.25, 0.3) is 0 Å². The molecule has 0 aromatic carbocycles. The molecule has 78 valence electrons. The molecule has 2 aliphatic rings. The van der Waals surface area contributed by atoms with E-state index in [1.54, 1.807) is 6.34 Å². The lowest BCUT2D eigenvalue weighted by atomic mass is 9.90. The van der Waals surface area contributed by atoms with Crippen LogP contribution in [0.1, 0.15) is 19.3 Å². The van der Waals surface area contributed by atoms with Gasteiger partial charge in [0.05, 0.1) is 12.9 Å². The van der Waals surface area contributed by atoms with Crippen molar-refractivity contribution in [1.82, 2.24) is 10.2 Å². The zero-order chi connectivity index (χ0) is 9.80. The van der Waals surface area contributed by atoms with Gasteiger partial charge in [0.2, 0.25) is 0 Å². The molecule has 14 heavy (non-hydrogen) atoms. The quantitative estimate of drug-likeness (QED) is 0.714. The fourth-order valence-corrected chi connectivity index (χ4v) is 2.18. The molecule has 0 aromatic rings. The van der Waals surface area contributed by atoms with Crippen molar-refractivity contribution in [2.45, 2.75) is 19.3 Å². The second kappa shape index (κ2) is 4.60. The van der Waals surface area contributed by atoms with Crippen molar-refractivity contribution in [3.63, 3.8) is 0 Å². The van der Waals surface area contributed by atoms with Crippen molar-refractivity contribution in [3.8, 4) is 0 Å². The predicted molar refractivity (Wildman–Crippen MR) is 59.4 cm³/mol. The molecule has 3 nitrogen and oxygen atoms in total. The van der Waals surface area contributed by atoms with Crippen LogP contribution in [-0.2, 0) is 0 Å². The molecule has 2 heterocycles. The average Bonchev–Trinajstić information content (AvgIpc) is 2.23. The van der Waals surface area contributed by atoms with Crippen LogP contribution in [0.3, 0.4) is 0 Å². The van der Waals surface area contributed by atoms with Gasteiger partial charge in [0.25, 0.3) is 0 Å². The average molecular weight is 193 g/mol. The van der Waals surface area contributed by atoms with E-state index in [2.05, 4.69) is 28.5 Å². The summed E-state index contributed by atoms with van der Waals surface area (Å²) in [7, 11) is 2.21. The van der Waals surface area contributed by atoms with Gasteiger partial charge in [-0.1, -0.05) is 0 Å². The third-order valence-electron chi connectivity index (χ3n) is 3.14. The first-order chi connectivity index (χ1) is 6.84. The topological polar surface area (TPSA) is 27.6 Å². The van der Waals surface area contributed by atoms with Crippen LogP contribution < -0.4 is 5.32 Å². The summed E-state index contributed by atoms with van der Waals surface area (Å²) in [6.07, 6.45) is 7.82. The van der Waals surface area contributed by atoms with E-state index in [0.29, 0.717) is 0 Å². The summed E-state index contributed by atoms with van der Waals surface area (Å²) < 4.78 is 0. The summed E-state index contributed by atoms with van der Waals surface area (Å²) in [4.78, 5) is 6.64. The molecule has 0 amide bonds. The highest BCUT2D eigenvalue weighted by molar-refractivity contribution is 5.57. The van der Waals surface area contributed by atoms with E-state index < -0.39 is 0 Å². The van der Waals surface area contributed by atoms with Crippen molar-refractivity contribution >= 4 is 6.34 Å². The normalized spacial score (nSPS) is 24.5. The number of likely N-dealkylation sites (tertiary alicyclic amines) is 1. The van der Waals surface area contributed by atoms with Gasteiger partial charge in [0.1, 0.15) is 0 Å². The van der Waals surface area contributed by atoms with E-state index in [0.717, 1.165) is 12.5 Å². The molecule has 0 bridgehead atoms. The number of hydrogen-bond donors (Lipinski definition) is 1. The summed E-state index contributed by atoms with van der Waals surface area (Å²) in [5, 5.41) is 3.07. The van der Waals surface area contributed by atoms with Crippen molar-refractivity contribution in [3.05, 3.63) is 11.8 Å². The molecule has 1 N–H and O–H groups in total. The molecule has 1 fully saturated rings. The minimum absolute atomic E-state index is 0.882. The second-order valence-electron chi connectivity index (χ2n) is 4.39. The highest BCUT2D eigenvalue weighted by Gasteiger charge is 2.17. The van der Waals surface area contributed by atoms with Crippen molar-refractivity contribution in [2.24, 2.45) is 10.9 Å². The maximum Gasteiger partial charge on any atom is 0.0867 e. The molecule has 0 aromatic heterocycles. The van der Waals surface area contributed by atoms with E-state index in [1.165, 1.54) is 37.9 Å². The van der Waals surface area contributed by atoms with E-state index in [4.69, 9.17) is 0 Å². The predicted octanol–water partition coefficient (Wildman–Crippen LogP) is 1.23. The highest BCUT2D eigenvalue weighted by Crippen LogP contribution is 2.23. The van der Waals surface area contributed by atoms with Crippen LogP contribution in [-0.4, -0.2) is 37.9 Å². The van der Waals surface area contributed by atoms with Crippen LogP contribution in [0.5, 0.6) is 0 Å². The van der Waals surface area contributed by atoms with E-state index in [-0.39, 0.29) is 0 Å². The first-order valence-corrected chi connectivity index (χ1v) is 5.45. The smallest absolute Gasteiger partial charge is 0.0867 e. The first-order valence-electron chi connectivity index (χ1n) is 5.45. The Morgan fingerprint density at radius 3 is 2.93 bits per heavy atom. The number of rotatable bonds is 2. The Balaban J connectivity index is 1.77. The zero-order valence-electron chi connectivity index (χ0n) is 8.87. The fraction of sp³-hybridized carbons (Fsp3) is 0.727. The maximum atomic E-state index is 4.22. The van der Waals surface area contributed by atoms with Gasteiger partial charge in [0, 0.05) is 6.20 Å². The lowest BCUT2D eigenvalue weighted by Crippen LogP contribution is -2.30. The molecular weight excluding hydrogens is 174 g/mol. The largest absolute Gasteiger partial charge is 0.353 e. The number of nitrogens with one attached hydrogen (secondary N) is 1. The minimum Gasteiger partial charge on any atom is -0.353 e. The Morgan fingerprint density at radius 2 is 2.29 bits per heavy atom.